The Morgan fingerprint density at radius 2 is 1.75 bits per heavy atom. The van der Waals surface area contributed by atoms with Crippen molar-refractivity contribution in [3.8, 4) is 0 Å². The molecule has 5 rings (SSSR count). The van der Waals surface area contributed by atoms with Crippen LogP contribution in [0.2, 0.25) is 0 Å². The molecule has 2 aromatic heterocycles. The number of halogens is 2. The second-order valence-electron chi connectivity index (χ2n) is 9.59. The predicted molar refractivity (Wildman–Crippen MR) is 122 cm³/mol. The molecule has 0 spiro atoms. The van der Waals surface area contributed by atoms with Gasteiger partial charge in [0.1, 0.15) is 17.5 Å². The molecule has 3 aliphatic rings. The molecule has 1 N–H and O–H groups in total. The van der Waals surface area contributed by atoms with Crippen LogP contribution in [0.5, 0.6) is 0 Å². The summed E-state index contributed by atoms with van der Waals surface area (Å²) in [6, 6.07) is 4.85. The fourth-order valence-electron chi connectivity index (χ4n) is 5.39. The van der Waals surface area contributed by atoms with Crippen molar-refractivity contribution in [1.82, 2.24) is 19.9 Å². The number of aryl methyl sites for hydroxylation is 1. The van der Waals surface area contributed by atoms with Gasteiger partial charge in [-0.2, -0.15) is 0 Å². The Hall–Kier alpha value is -2.35. The second kappa shape index (κ2) is 8.89. The van der Waals surface area contributed by atoms with E-state index < -0.39 is 5.92 Å². The van der Waals surface area contributed by atoms with Crippen molar-refractivity contribution < 1.29 is 8.78 Å². The van der Waals surface area contributed by atoms with Gasteiger partial charge in [0.15, 0.2) is 0 Å². The third-order valence-electron chi connectivity index (χ3n) is 7.21. The summed E-state index contributed by atoms with van der Waals surface area (Å²) < 4.78 is 27.8. The molecular weight excluding hydrogens is 410 g/mol. The van der Waals surface area contributed by atoms with Crippen LogP contribution in [-0.2, 0) is 0 Å². The highest BCUT2D eigenvalue weighted by Crippen LogP contribution is 2.36. The molecule has 172 valence electrons. The quantitative estimate of drug-likeness (QED) is 0.712. The lowest BCUT2D eigenvalue weighted by Gasteiger charge is -2.36. The third-order valence-corrected chi connectivity index (χ3v) is 7.21. The van der Waals surface area contributed by atoms with Crippen LogP contribution in [0.15, 0.2) is 24.5 Å². The van der Waals surface area contributed by atoms with Crippen LogP contribution in [0.1, 0.15) is 62.1 Å². The fourth-order valence-corrected chi connectivity index (χ4v) is 5.39. The summed E-state index contributed by atoms with van der Waals surface area (Å²) in [5.74, 6) is -0.360. The smallest absolute Gasteiger partial charge is 0.266 e. The Labute approximate surface area is 188 Å². The van der Waals surface area contributed by atoms with Gasteiger partial charge in [-0.05, 0) is 69.3 Å². The zero-order valence-electron chi connectivity index (χ0n) is 18.7. The van der Waals surface area contributed by atoms with Crippen LogP contribution in [0, 0.1) is 6.92 Å². The fraction of sp³-hybridized carbons (Fsp3) is 0.625. The summed E-state index contributed by atoms with van der Waals surface area (Å²) in [5.41, 5.74) is 2.02. The van der Waals surface area contributed by atoms with Gasteiger partial charge in [-0.3, -0.25) is 4.98 Å². The van der Waals surface area contributed by atoms with Crippen molar-refractivity contribution in [3.63, 3.8) is 0 Å². The van der Waals surface area contributed by atoms with Gasteiger partial charge in [0.05, 0.1) is 24.6 Å². The molecule has 32 heavy (non-hydrogen) atoms. The zero-order valence-corrected chi connectivity index (χ0v) is 18.7. The van der Waals surface area contributed by atoms with Crippen molar-refractivity contribution in [2.24, 2.45) is 0 Å². The number of hydrogen-bond acceptors (Lipinski definition) is 6. The summed E-state index contributed by atoms with van der Waals surface area (Å²) >= 11 is 0. The lowest BCUT2D eigenvalue weighted by molar-refractivity contribution is 0.0256. The Morgan fingerprint density at radius 3 is 2.41 bits per heavy atom. The standard InChI is InChI=1S/C24H32F2N6/c1-17-14-28-22(15-27-17)29-21-12-19(13-23(30-21)32-11-8-24(25,26)16-32)18-6-9-31(10-7-18)20-4-2-3-5-20/h12-15,18,20H,2-11,16H2,1H3,(H,28,29,30). The van der Waals surface area contributed by atoms with E-state index >= 15 is 0 Å². The van der Waals surface area contributed by atoms with E-state index in [0.29, 0.717) is 29.9 Å². The van der Waals surface area contributed by atoms with E-state index in [1.807, 2.05) is 13.0 Å². The Kier molecular flexibility index (Phi) is 5.97. The topological polar surface area (TPSA) is 57.2 Å². The molecule has 4 heterocycles. The molecule has 0 bridgehead atoms. The van der Waals surface area contributed by atoms with E-state index in [-0.39, 0.29) is 13.0 Å². The van der Waals surface area contributed by atoms with Crippen molar-refractivity contribution in [2.75, 3.05) is 36.4 Å². The average molecular weight is 443 g/mol. The number of hydrogen-bond donors (Lipinski definition) is 1. The normalized spacial score (nSPS) is 22.5. The van der Waals surface area contributed by atoms with Crippen molar-refractivity contribution in [3.05, 3.63) is 35.8 Å². The number of likely N-dealkylation sites (tertiary alicyclic amines) is 1. The Morgan fingerprint density at radius 1 is 0.969 bits per heavy atom. The molecule has 1 aliphatic carbocycles. The molecule has 2 saturated heterocycles. The van der Waals surface area contributed by atoms with E-state index in [1.54, 1.807) is 17.3 Å². The van der Waals surface area contributed by atoms with E-state index in [1.165, 1.54) is 31.2 Å². The molecular formula is C24H32F2N6. The molecule has 8 heteroatoms. The Balaban J connectivity index is 1.37. The van der Waals surface area contributed by atoms with E-state index in [9.17, 15) is 8.78 Å². The minimum absolute atomic E-state index is 0.120. The maximum absolute atomic E-state index is 13.9. The molecule has 2 aromatic rings. The highest BCUT2D eigenvalue weighted by Gasteiger charge is 2.39. The van der Waals surface area contributed by atoms with Crippen molar-refractivity contribution in [2.45, 2.75) is 69.8 Å². The molecule has 0 unspecified atom stereocenters. The first-order chi connectivity index (χ1) is 15.4. The van der Waals surface area contributed by atoms with E-state index in [0.717, 1.165) is 37.7 Å². The van der Waals surface area contributed by atoms with Crippen molar-refractivity contribution >= 4 is 17.5 Å². The number of alkyl halides is 2. The maximum Gasteiger partial charge on any atom is 0.266 e. The average Bonchev–Trinajstić information content (AvgIpc) is 3.45. The Bertz CT molecular complexity index is 921. The van der Waals surface area contributed by atoms with Crippen LogP contribution < -0.4 is 10.2 Å². The molecule has 0 radical (unpaired) electrons. The van der Waals surface area contributed by atoms with Gasteiger partial charge < -0.3 is 15.1 Å². The van der Waals surface area contributed by atoms with Gasteiger partial charge in [0.25, 0.3) is 5.92 Å². The first-order valence-electron chi connectivity index (χ1n) is 11.9. The third kappa shape index (κ3) is 4.85. The van der Waals surface area contributed by atoms with E-state index in [4.69, 9.17) is 0 Å². The van der Waals surface area contributed by atoms with Crippen LogP contribution in [0.3, 0.4) is 0 Å². The second-order valence-corrected chi connectivity index (χ2v) is 9.59. The molecule has 0 aromatic carbocycles. The highest BCUT2D eigenvalue weighted by atomic mass is 19.3. The van der Waals surface area contributed by atoms with Gasteiger partial charge in [-0.15, -0.1) is 0 Å². The maximum atomic E-state index is 13.9. The monoisotopic (exact) mass is 442 g/mol. The molecule has 3 fully saturated rings. The predicted octanol–water partition coefficient (Wildman–Crippen LogP) is 4.89. The lowest BCUT2D eigenvalue weighted by atomic mass is 9.89. The number of aromatic nitrogens is 3. The van der Waals surface area contributed by atoms with E-state index in [2.05, 4.69) is 31.2 Å². The highest BCUT2D eigenvalue weighted by molar-refractivity contribution is 5.57. The molecule has 0 atom stereocenters. The number of piperidine rings is 1. The summed E-state index contributed by atoms with van der Waals surface area (Å²) in [4.78, 5) is 17.7. The van der Waals surface area contributed by atoms with Crippen LogP contribution >= 0.6 is 0 Å². The lowest BCUT2D eigenvalue weighted by Crippen LogP contribution is -2.39. The number of anilines is 3. The first-order valence-corrected chi connectivity index (χ1v) is 11.9. The zero-order chi connectivity index (χ0) is 22.1. The number of nitrogens with one attached hydrogen (secondary N) is 1. The number of nitrogens with zero attached hydrogens (tertiary/aromatic N) is 5. The SMILES string of the molecule is Cc1cnc(Nc2cc(C3CCN(C4CCCC4)CC3)cc(N3CCC(F)(F)C3)n2)cn1. The van der Waals surface area contributed by atoms with Gasteiger partial charge in [-0.1, -0.05) is 12.8 Å². The summed E-state index contributed by atoms with van der Waals surface area (Å²) in [6.45, 7) is 4.17. The van der Waals surface area contributed by atoms with Gasteiger partial charge in [-0.25, -0.2) is 18.7 Å². The molecule has 0 amide bonds. The van der Waals surface area contributed by atoms with Gasteiger partial charge >= 0.3 is 0 Å². The van der Waals surface area contributed by atoms with Gasteiger partial charge in [0.2, 0.25) is 0 Å². The summed E-state index contributed by atoms with van der Waals surface area (Å²) in [6.07, 6.45) is 10.8. The van der Waals surface area contributed by atoms with Crippen LogP contribution in [0.25, 0.3) is 0 Å². The van der Waals surface area contributed by atoms with Crippen molar-refractivity contribution in [1.29, 1.82) is 0 Å². The number of rotatable bonds is 5. The minimum atomic E-state index is -2.65. The molecule has 1 saturated carbocycles. The largest absolute Gasteiger partial charge is 0.350 e. The van der Waals surface area contributed by atoms with Gasteiger partial charge in [0, 0.05) is 19.0 Å². The summed E-state index contributed by atoms with van der Waals surface area (Å²) in [7, 11) is 0. The first kappa shape index (κ1) is 21.5. The molecule has 2 aliphatic heterocycles. The number of pyridine rings is 1. The van der Waals surface area contributed by atoms with Crippen LogP contribution in [0.4, 0.5) is 26.2 Å². The molecule has 6 nitrogen and oxygen atoms in total. The summed E-state index contributed by atoms with van der Waals surface area (Å²) in [5, 5.41) is 3.24. The minimum Gasteiger partial charge on any atom is -0.350 e. The van der Waals surface area contributed by atoms with Crippen LogP contribution in [-0.4, -0.2) is 58.0 Å².